The number of nitro groups is 1. The molecular formula is C22H27ClN6O4. The number of halogens is 1. The fourth-order valence-corrected chi connectivity index (χ4v) is 4.61. The molecule has 0 spiro atoms. The summed E-state index contributed by atoms with van der Waals surface area (Å²) in [6.07, 6.45) is 2.54. The zero-order valence-electron chi connectivity index (χ0n) is 18.5. The number of rotatable bonds is 6. The molecule has 3 heterocycles. The highest BCUT2D eigenvalue weighted by Gasteiger charge is 2.34. The van der Waals surface area contributed by atoms with Crippen LogP contribution in [0, 0.1) is 16.0 Å². The number of ether oxygens (including phenoxy) is 1. The van der Waals surface area contributed by atoms with Crippen LogP contribution in [0.2, 0.25) is 5.02 Å². The van der Waals surface area contributed by atoms with Crippen LogP contribution in [0.15, 0.2) is 30.6 Å². The van der Waals surface area contributed by atoms with Crippen molar-refractivity contribution in [3.8, 4) is 0 Å². The van der Waals surface area contributed by atoms with Crippen molar-refractivity contribution in [3.05, 3.63) is 45.7 Å². The molecule has 2 fully saturated rings. The first-order chi connectivity index (χ1) is 16.0. The van der Waals surface area contributed by atoms with Gasteiger partial charge in [-0.2, -0.15) is 0 Å². The average molecular weight is 475 g/mol. The van der Waals surface area contributed by atoms with Crippen LogP contribution in [0.3, 0.4) is 0 Å². The molecule has 0 aliphatic carbocycles. The van der Waals surface area contributed by atoms with Crippen molar-refractivity contribution < 1.29 is 14.5 Å². The number of hydrogen-bond donors (Lipinski definition) is 0. The quantitative estimate of drug-likeness (QED) is 0.354. The van der Waals surface area contributed by atoms with E-state index >= 15 is 0 Å². The molecule has 10 nitrogen and oxygen atoms in total. The Morgan fingerprint density at radius 1 is 1.09 bits per heavy atom. The molecule has 11 heteroatoms. The van der Waals surface area contributed by atoms with Gasteiger partial charge >= 0.3 is 11.7 Å². The summed E-state index contributed by atoms with van der Waals surface area (Å²) in [4.78, 5) is 38.3. The number of piperidine rings is 1. The molecule has 0 N–H and O–H groups in total. The van der Waals surface area contributed by atoms with Gasteiger partial charge in [0.1, 0.15) is 6.33 Å². The molecule has 2 aliphatic heterocycles. The molecular weight excluding hydrogens is 448 g/mol. The Balaban J connectivity index is 1.48. The summed E-state index contributed by atoms with van der Waals surface area (Å²) in [6.45, 7) is 5.72. The van der Waals surface area contributed by atoms with Crippen LogP contribution in [0.1, 0.15) is 19.8 Å². The van der Waals surface area contributed by atoms with Crippen molar-refractivity contribution in [1.29, 1.82) is 0 Å². The Labute approximate surface area is 197 Å². The molecule has 0 bridgehead atoms. The van der Waals surface area contributed by atoms with Crippen molar-refractivity contribution >= 4 is 40.6 Å². The van der Waals surface area contributed by atoms with Crippen LogP contribution in [0.4, 0.5) is 23.0 Å². The Bertz CT molecular complexity index is 1010. The van der Waals surface area contributed by atoms with Gasteiger partial charge in [0.05, 0.1) is 17.4 Å². The van der Waals surface area contributed by atoms with E-state index in [2.05, 4.69) is 14.9 Å². The lowest BCUT2D eigenvalue weighted by atomic mass is 9.97. The summed E-state index contributed by atoms with van der Waals surface area (Å²) in [5.41, 5.74) is 0.952. The van der Waals surface area contributed by atoms with Gasteiger partial charge in [0.2, 0.25) is 11.6 Å². The van der Waals surface area contributed by atoms with E-state index in [1.165, 1.54) is 6.33 Å². The maximum atomic E-state index is 12.1. The summed E-state index contributed by atoms with van der Waals surface area (Å²) >= 11 is 6.12. The first-order valence-corrected chi connectivity index (χ1v) is 11.5. The molecule has 0 atom stereocenters. The normalized spacial score (nSPS) is 17.2. The molecule has 0 amide bonds. The molecule has 2 aromatic rings. The lowest BCUT2D eigenvalue weighted by Gasteiger charge is -2.37. The highest BCUT2D eigenvalue weighted by atomic mass is 35.5. The molecule has 0 unspecified atom stereocenters. The van der Waals surface area contributed by atoms with Crippen LogP contribution in [0.25, 0.3) is 0 Å². The van der Waals surface area contributed by atoms with Gasteiger partial charge in [-0.1, -0.05) is 17.7 Å². The van der Waals surface area contributed by atoms with Gasteiger partial charge in [-0.3, -0.25) is 14.9 Å². The fourth-order valence-electron chi connectivity index (χ4n) is 4.42. The first-order valence-electron chi connectivity index (χ1n) is 11.1. The Morgan fingerprint density at radius 2 is 1.70 bits per heavy atom. The van der Waals surface area contributed by atoms with E-state index in [4.69, 9.17) is 16.3 Å². The van der Waals surface area contributed by atoms with Crippen LogP contribution in [-0.2, 0) is 9.53 Å². The number of nitrogens with zero attached hydrogens (tertiary/aromatic N) is 6. The number of anilines is 3. The molecule has 33 heavy (non-hydrogen) atoms. The third kappa shape index (κ3) is 5.11. The predicted molar refractivity (Wildman–Crippen MR) is 126 cm³/mol. The summed E-state index contributed by atoms with van der Waals surface area (Å²) in [5.74, 6) is 0.265. The van der Waals surface area contributed by atoms with Gasteiger partial charge in [-0.15, -0.1) is 0 Å². The summed E-state index contributed by atoms with van der Waals surface area (Å²) in [6, 6.07) is 7.67. The molecule has 2 saturated heterocycles. The number of esters is 1. The summed E-state index contributed by atoms with van der Waals surface area (Å²) in [7, 11) is 0. The summed E-state index contributed by atoms with van der Waals surface area (Å²) in [5, 5.41) is 12.8. The number of aromatic nitrogens is 2. The molecule has 0 radical (unpaired) electrons. The molecule has 2 aliphatic rings. The van der Waals surface area contributed by atoms with E-state index in [1.54, 1.807) is 6.92 Å². The lowest BCUT2D eigenvalue weighted by molar-refractivity contribution is -0.383. The average Bonchev–Trinajstić information content (AvgIpc) is 2.84. The number of carbonyl (C=O) groups is 1. The number of benzene rings is 1. The third-order valence-corrected chi connectivity index (χ3v) is 6.37. The number of hydrogen-bond acceptors (Lipinski definition) is 9. The van der Waals surface area contributed by atoms with Gasteiger partial charge in [0.15, 0.2) is 0 Å². The second kappa shape index (κ2) is 10.2. The molecule has 0 saturated carbocycles. The number of piperazine rings is 1. The highest BCUT2D eigenvalue weighted by Crippen LogP contribution is 2.36. The van der Waals surface area contributed by atoms with Gasteiger partial charge in [0, 0.05) is 50.0 Å². The number of carbonyl (C=O) groups excluding carboxylic acids is 1. The second-order valence-electron chi connectivity index (χ2n) is 8.09. The predicted octanol–water partition coefficient (Wildman–Crippen LogP) is 3.14. The monoisotopic (exact) mass is 474 g/mol. The van der Waals surface area contributed by atoms with Gasteiger partial charge in [0.25, 0.3) is 0 Å². The van der Waals surface area contributed by atoms with Crippen molar-refractivity contribution in [2.45, 2.75) is 19.8 Å². The minimum absolute atomic E-state index is 0.0803. The minimum atomic E-state index is -0.397. The van der Waals surface area contributed by atoms with Crippen molar-refractivity contribution in [1.82, 2.24) is 9.97 Å². The van der Waals surface area contributed by atoms with Crippen molar-refractivity contribution in [3.63, 3.8) is 0 Å². The van der Waals surface area contributed by atoms with Crippen LogP contribution in [0.5, 0.6) is 0 Å². The molecule has 4 rings (SSSR count). The largest absolute Gasteiger partial charge is 0.466 e. The van der Waals surface area contributed by atoms with Gasteiger partial charge < -0.3 is 19.4 Å². The Morgan fingerprint density at radius 3 is 2.27 bits per heavy atom. The van der Waals surface area contributed by atoms with E-state index in [0.29, 0.717) is 75.4 Å². The highest BCUT2D eigenvalue weighted by molar-refractivity contribution is 6.30. The van der Waals surface area contributed by atoms with E-state index < -0.39 is 4.92 Å². The van der Waals surface area contributed by atoms with Crippen LogP contribution >= 0.6 is 11.6 Å². The van der Waals surface area contributed by atoms with E-state index in [1.807, 2.05) is 34.1 Å². The fraction of sp³-hybridized carbons (Fsp3) is 0.500. The first kappa shape index (κ1) is 23.0. The summed E-state index contributed by atoms with van der Waals surface area (Å²) < 4.78 is 5.12. The molecule has 1 aromatic heterocycles. The zero-order chi connectivity index (χ0) is 23.4. The van der Waals surface area contributed by atoms with Crippen LogP contribution in [-0.4, -0.2) is 66.7 Å². The van der Waals surface area contributed by atoms with E-state index in [0.717, 1.165) is 5.69 Å². The van der Waals surface area contributed by atoms with Crippen molar-refractivity contribution in [2.24, 2.45) is 5.92 Å². The lowest BCUT2D eigenvalue weighted by Crippen LogP contribution is -2.47. The molecule has 176 valence electrons. The van der Waals surface area contributed by atoms with Gasteiger partial charge in [-0.25, -0.2) is 9.97 Å². The van der Waals surface area contributed by atoms with E-state index in [-0.39, 0.29) is 17.6 Å². The van der Waals surface area contributed by atoms with Gasteiger partial charge in [-0.05, 0) is 38.0 Å². The van der Waals surface area contributed by atoms with Crippen molar-refractivity contribution in [2.75, 3.05) is 60.6 Å². The SMILES string of the molecule is CCOC(=O)C1CCN(c2ncnc(N3CCN(c4cccc(Cl)c4)CC3)c2[N+](=O)[O-])CC1. The molecule has 1 aromatic carbocycles. The second-order valence-corrected chi connectivity index (χ2v) is 8.53. The Hall–Kier alpha value is -3.14. The smallest absolute Gasteiger partial charge is 0.353 e. The zero-order valence-corrected chi connectivity index (χ0v) is 19.3. The van der Waals surface area contributed by atoms with Crippen LogP contribution < -0.4 is 14.7 Å². The third-order valence-electron chi connectivity index (χ3n) is 6.13. The Kier molecular flexibility index (Phi) is 7.12. The topological polar surface area (TPSA) is 105 Å². The maximum Gasteiger partial charge on any atom is 0.353 e. The minimum Gasteiger partial charge on any atom is -0.466 e. The maximum absolute atomic E-state index is 12.1. The standard InChI is InChI=1S/C22H27ClN6O4/c1-2-33-22(30)16-6-8-27(9-7-16)20-19(29(31)32)21(25-15-24-20)28-12-10-26(11-13-28)18-5-3-4-17(23)14-18/h3-5,14-16H,2,6-13H2,1H3. The van der Waals surface area contributed by atoms with E-state index in [9.17, 15) is 14.9 Å².